The Hall–Kier alpha value is -2.13. The van der Waals surface area contributed by atoms with Crippen LogP contribution in [0.1, 0.15) is 12.8 Å². The standard InChI is InChI=1S/C15H21N3O5S/c1-24(21,22)18-8-6-11(7-9-18)15(20)17-12-2-4-13(5-3-12)23-10-14(16)19/h2-5,11H,6-10H2,1H3,(H2,16,19)(H,17,20). The van der Waals surface area contributed by atoms with Crippen molar-refractivity contribution in [2.75, 3.05) is 31.3 Å². The average molecular weight is 355 g/mol. The van der Waals surface area contributed by atoms with Crippen molar-refractivity contribution < 1.29 is 22.7 Å². The molecule has 24 heavy (non-hydrogen) atoms. The zero-order valence-corrected chi connectivity index (χ0v) is 14.2. The Morgan fingerprint density at radius 2 is 1.83 bits per heavy atom. The van der Waals surface area contributed by atoms with Crippen molar-refractivity contribution in [3.05, 3.63) is 24.3 Å². The quantitative estimate of drug-likeness (QED) is 0.753. The van der Waals surface area contributed by atoms with Gasteiger partial charge < -0.3 is 15.8 Å². The van der Waals surface area contributed by atoms with Gasteiger partial charge in [0.05, 0.1) is 6.26 Å². The number of nitrogens with one attached hydrogen (secondary N) is 1. The fraction of sp³-hybridized carbons (Fsp3) is 0.467. The number of benzene rings is 1. The molecule has 2 amide bonds. The lowest BCUT2D eigenvalue weighted by molar-refractivity contribution is -0.121. The highest BCUT2D eigenvalue weighted by Gasteiger charge is 2.28. The Morgan fingerprint density at radius 1 is 1.25 bits per heavy atom. The number of amides is 2. The third kappa shape index (κ3) is 5.20. The number of hydrogen-bond donors (Lipinski definition) is 2. The molecule has 1 fully saturated rings. The molecule has 2 rings (SSSR count). The first-order valence-corrected chi connectivity index (χ1v) is 9.37. The number of ether oxygens (including phenoxy) is 1. The lowest BCUT2D eigenvalue weighted by Crippen LogP contribution is -2.40. The zero-order valence-electron chi connectivity index (χ0n) is 13.4. The van der Waals surface area contributed by atoms with E-state index in [0.29, 0.717) is 37.4 Å². The molecule has 1 aliphatic heterocycles. The molecule has 0 unspecified atom stereocenters. The number of piperidine rings is 1. The number of carbonyl (C=O) groups is 2. The van der Waals surface area contributed by atoms with Crippen molar-refractivity contribution in [1.29, 1.82) is 0 Å². The van der Waals surface area contributed by atoms with Gasteiger partial charge in [-0.25, -0.2) is 12.7 Å². The largest absolute Gasteiger partial charge is 0.484 e. The first kappa shape index (κ1) is 18.2. The molecule has 0 aromatic heterocycles. The number of primary amides is 1. The molecular formula is C15H21N3O5S. The molecule has 0 atom stereocenters. The minimum Gasteiger partial charge on any atom is -0.484 e. The topological polar surface area (TPSA) is 119 Å². The van der Waals surface area contributed by atoms with Crippen LogP contribution in [0.15, 0.2) is 24.3 Å². The summed E-state index contributed by atoms with van der Waals surface area (Å²) in [7, 11) is -3.20. The van der Waals surface area contributed by atoms with E-state index in [4.69, 9.17) is 10.5 Å². The molecule has 3 N–H and O–H groups in total. The van der Waals surface area contributed by atoms with E-state index in [9.17, 15) is 18.0 Å². The summed E-state index contributed by atoms with van der Waals surface area (Å²) in [4.78, 5) is 22.9. The first-order chi connectivity index (χ1) is 11.3. The van der Waals surface area contributed by atoms with Crippen LogP contribution < -0.4 is 15.8 Å². The summed E-state index contributed by atoms with van der Waals surface area (Å²) in [5.74, 6) is -0.427. The number of anilines is 1. The highest BCUT2D eigenvalue weighted by atomic mass is 32.2. The summed E-state index contributed by atoms with van der Waals surface area (Å²) in [6, 6.07) is 6.59. The van der Waals surface area contributed by atoms with E-state index >= 15 is 0 Å². The molecule has 0 spiro atoms. The molecule has 1 saturated heterocycles. The van der Waals surface area contributed by atoms with Crippen molar-refractivity contribution in [3.8, 4) is 5.75 Å². The van der Waals surface area contributed by atoms with Gasteiger partial charge in [-0.1, -0.05) is 0 Å². The summed E-state index contributed by atoms with van der Waals surface area (Å²) >= 11 is 0. The van der Waals surface area contributed by atoms with Crippen LogP contribution in [0, 0.1) is 5.92 Å². The Bertz CT molecular complexity index is 694. The highest BCUT2D eigenvalue weighted by molar-refractivity contribution is 7.88. The number of nitrogens with two attached hydrogens (primary N) is 1. The van der Waals surface area contributed by atoms with Crippen molar-refractivity contribution in [1.82, 2.24) is 4.31 Å². The zero-order chi connectivity index (χ0) is 17.7. The van der Waals surface area contributed by atoms with Gasteiger partial charge in [-0.3, -0.25) is 9.59 Å². The summed E-state index contributed by atoms with van der Waals surface area (Å²) < 4.78 is 29.5. The molecule has 0 radical (unpaired) electrons. The van der Waals surface area contributed by atoms with E-state index in [1.54, 1.807) is 24.3 Å². The number of hydrogen-bond acceptors (Lipinski definition) is 5. The fourth-order valence-electron chi connectivity index (χ4n) is 2.48. The maximum Gasteiger partial charge on any atom is 0.255 e. The molecule has 0 saturated carbocycles. The van der Waals surface area contributed by atoms with Crippen LogP contribution in [-0.4, -0.2) is 50.5 Å². The van der Waals surface area contributed by atoms with Crippen LogP contribution in [-0.2, 0) is 19.6 Å². The van der Waals surface area contributed by atoms with E-state index < -0.39 is 15.9 Å². The lowest BCUT2D eigenvalue weighted by atomic mass is 9.97. The molecule has 1 aromatic carbocycles. The number of rotatable bonds is 6. The maximum atomic E-state index is 12.3. The third-order valence-corrected chi connectivity index (χ3v) is 5.10. The molecule has 0 aliphatic carbocycles. The van der Waals surface area contributed by atoms with Crippen LogP contribution in [0.4, 0.5) is 5.69 Å². The van der Waals surface area contributed by atoms with E-state index in [2.05, 4.69) is 5.32 Å². The number of carbonyl (C=O) groups excluding carboxylic acids is 2. The van der Waals surface area contributed by atoms with Crippen molar-refractivity contribution >= 4 is 27.5 Å². The van der Waals surface area contributed by atoms with E-state index in [1.807, 2.05) is 0 Å². The first-order valence-electron chi connectivity index (χ1n) is 7.53. The summed E-state index contributed by atoms with van der Waals surface area (Å²) in [6.45, 7) is 0.512. The van der Waals surface area contributed by atoms with Gasteiger partial charge in [-0.05, 0) is 37.1 Å². The van der Waals surface area contributed by atoms with Crippen molar-refractivity contribution in [2.45, 2.75) is 12.8 Å². The second-order valence-electron chi connectivity index (χ2n) is 5.70. The Kier molecular flexibility index (Phi) is 5.79. The van der Waals surface area contributed by atoms with Crippen LogP contribution in [0.5, 0.6) is 5.75 Å². The monoisotopic (exact) mass is 355 g/mol. The van der Waals surface area contributed by atoms with Crippen LogP contribution in [0.2, 0.25) is 0 Å². The van der Waals surface area contributed by atoms with E-state index in [0.717, 1.165) is 0 Å². The molecule has 1 aliphatic rings. The van der Waals surface area contributed by atoms with Crippen LogP contribution >= 0.6 is 0 Å². The summed E-state index contributed by atoms with van der Waals surface area (Å²) in [5, 5.41) is 2.80. The van der Waals surface area contributed by atoms with E-state index in [1.165, 1.54) is 10.6 Å². The predicted octanol–water partition coefficient (Wildman–Crippen LogP) is 0.161. The molecule has 9 heteroatoms. The number of nitrogens with zero attached hydrogens (tertiary/aromatic N) is 1. The second kappa shape index (κ2) is 7.63. The van der Waals surface area contributed by atoms with Crippen molar-refractivity contribution in [3.63, 3.8) is 0 Å². The van der Waals surface area contributed by atoms with Gasteiger partial charge in [0.2, 0.25) is 15.9 Å². The highest BCUT2D eigenvalue weighted by Crippen LogP contribution is 2.22. The molecule has 132 valence electrons. The van der Waals surface area contributed by atoms with Crippen LogP contribution in [0.25, 0.3) is 0 Å². The Balaban J connectivity index is 1.85. The maximum absolute atomic E-state index is 12.3. The van der Waals surface area contributed by atoms with Crippen LogP contribution in [0.3, 0.4) is 0 Å². The average Bonchev–Trinajstić information content (AvgIpc) is 2.53. The van der Waals surface area contributed by atoms with Gasteiger partial charge in [-0.2, -0.15) is 0 Å². The van der Waals surface area contributed by atoms with Gasteiger partial charge in [-0.15, -0.1) is 0 Å². The molecule has 1 aromatic rings. The Labute approximate surface area is 141 Å². The van der Waals surface area contributed by atoms with Gasteiger partial charge in [0.15, 0.2) is 6.61 Å². The normalized spacial score (nSPS) is 16.5. The molecule has 0 bridgehead atoms. The molecular weight excluding hydrogens is 334 g/mol. The van der Waals surface area contributed by atoms with Gasteiger partial charge in [0, 0.05) is 24.7 Å². The van der Waals surface area contributed by atoms with E-state index in [-0.39, 0.29) is 18.4 Å². The second-order valence-corrected chi connectivity index (χ2v) is 7.69. The van der Waals surface area contributed by atoms with Gasteiger partial charge >= 0.3 is 0 Å². The predicted molar refractivity (Wildman–Crippen MR) is 88.9 cm³/mol. The SMILES string of the molecule is CS(=O)(=O)N1CCC(C(=O)Nc2ccc(OCC(N)=O)cc2)CC1. The summed E-state index contributed by atoms with van der Waals surface area (Å²) in [5.41, 5.74) is 5.60. The van der Waals surface area contributed by atoms with Crippen molar-refractivity contribution in [2.24, 2.45) is 11.7 Å². The minimum atomic E-state index is -3.20. The smallest absolute Gasteiger partial charge is 0.255 e. The molecule has 1 heterocycles. The lowest BCUT2D eigenvalue weighted by Gasteiger charge is -2.29. The van der Waals surface area contributed by atoms with Gasteiger partial charge in [0.1, 0.15) is 5.75 Å². The fourth-order valence-corrected chi connectivity index (χ4v) is 3.36. The minimum absolute atomic E-state index is 0.131. The Morgan fingerprint density at radius 3 is 2.33 bits per heavy atom. The third-order valence-electron chi connectivity index (χ3n) is 3.80. The summed E-state index contributed by atoms with van der Waals surface area (Å²) in [6.07, 6.45) is 2.17. The number of sulfonamides is 1. The van der Waals surface area contributed by atoms with Gasteiger partial charge in [0.25, 0.3) is 5.91 Å². The molecule has 8 nitrogen and oxygen atoms in total.